The van der Waals surface area contributed by atoms with Crippen molar-refractivity contribution in [2.24, 2.45) is 11.3 Å². The first-order valence-corrected chi connectivity index (χ1v) is 9.81. The van der Waals surface area contributed by atoms with Crippen molar-refractivity contribution < 1.29 is 23.9 Å². The Morgan fingerprint density at radius 1 is 1.22 bits per heavy atom. The molecular weight excluding hydrogens is 348 g/mol. The summed E-state index contributed by atoms with van der Waals surface area (Å²) >= 11 is 0. The third-order valence-corrected chi connectivity index (χ3v) is 6.34. The molecule has 7 nitrogen and oxygen atoms in total. The van der Waals surface area contributed by atoms with Crippen LogP contribution in [-0.4, -0.2) is 58.4 Å². The number of furan rings is 1. The van der Waals surface area contributed by atoms with E-state index < -0.39 is 12.0 Å². The number of likely N-dealkylation sites (tertiary alicyclic amines) is 2. The molecule has 2 amide bonds. The molecular formula is C20H26N2O5. The summed E-state index contributed by atoms with van der Waals surface area (Å²) < 4.78 is 5.26. The predicted octanol–water partition coefficient (Wildman–Crippen LogP) is 1.92. The van der Waals surface area contributed by atoms with Gasteiger partial charge in [0.05, 0.1) is 6.26 Å². The van der Waals surface area contributed by atoms with Gasteiger partial charge in [0.2, 0.25) is 11.8 Å². The molecule has 1 saturated carbocycles. The van der Waals surface area contributed by atoms with Gasteiger partial charge in [0.15, 0.2) is 0 Å². The fraction of sp³-hybridized carbons (Fsp3) is 0.650. The lowest BCUT2D eigenvalue weighted by Gasteiger charge is -2.39. The van der Waals surface area contributed by atoms with E-state index in [4.69, 9.17) is 4.42 Å². The summed E-state index contributed by atoms with van der Waals surface area (Å²) in [6.45, 7) is 1.83. The Hall–Kier alpha value is -2.31. The van der Waals surface area contributed by atoms with Crippen LogP contribution in [0.5, 0.6) is 0 Å². The predicted molar refractivity (Wildman–Crippen MR) is 95.8 cm³/mol. The fourth-order valence-corrected chi connectivity index (χ4v) is 4.52. The van der Waals surface area contributed by atoms with Gasteiger partial charge >= 0.3 is 5.97 Å². The summed E-state index contributed by atoms with van der Waals surface area (Å²) in [7, 11) is 0. The van der Waals surface area contributed by atoms with E-state index in [9.17, 15) is 19.5 Å². The number of carboxylic acids is 1. The van der Waals surface area contributed by atoms with E-state index in [2.05, 4.69) is 0 Å². The number of amides is 2. The Kier molecular flexibility index (Phi) is 4.70. The molecule has 3 aliphatic rings. The lowest BCUT2D eigenvalue weighted by molar-refractivity contribution is -0.148. The zero-order valence-corrected chi connectivity index (χ0v) is 15.4. The van der Waals surface area contributed by atoms with Gasteiger partial charge in [0.1, 0.15) is 11.8 Å². The van der Waals surface area contributed by atoms with E-state index in [0.717, 1.165) is 31.4 Å². The molecule has 146 valence electrons. The molecule has 2 aliphatic heterocycles. The van der Waals surface area contributed by atoms with E-state index >= 15 is 0 Å². The van der Waals surface area contributed by atoms with Crippen molar-refractivity contribution in [3.63, 3.8) is 0 Å². The minimum Gasteiger partial charge on any atom is -0.480 e. The Morgan fingerprint density at radius 2 is 1.96 bits per heavy atom. The fourth-order valence-electron chi connectivity index (χ4n) is 4.52. The number of carbonyl (C=O) groups excluding carboxylic acids is 2. The Balaban J connectivity index is 1.38. The SMILES string of the molecule is O=C(O)[C@@H]1CC2(CCN(C(=O)C3CC3)CC2)CN1C(=O)CCc1ccco1. The van der Waals surface area contributed by atoms with Crippen LogP contribution in [0.3, 0.4) is 0 Å². The van der Waals surface area contributed by atoms with Gasteiger partial charge in [-0.1, -0.05) is 0 Å². The average Bonchev–Trinajstić information content (AvgIpc) is 3.25. The van der Waals surface area contributed by atoms with Gasteiger partial charge in [-0.25, -0.2) is 4.79 Å². The minimum absolute atomic E-state index is 0.132. The van der Waals surface area contributed by atoms with Crippen LogP contribution in [-0.2, 0) is 20.8 Å². The van der Waals surface area contributed by atoms with Crippen molar-refractivity contribution in [3.8, 4) is 0 Å². The van der Waals surface area contributed by atoms with Gasteiger partial charge in [-0.3, -0.25) is 9.59 Å². The number of carboxylic acid groups (broad SMARTS) is 1. The highest BCUT2D eigenvalue weighted by molar-refractivity contribution is 5.85. The highest BCUT2D eigenvalue weighted by Gasteiger charge is 2.50. The van der Waals surface area contributed by atoms with Crippen molar-refractivity contribution >= 4 is 17.8 Å². The quantitative estimate of drug-likeness (QED) is 0.850. The van der Waals surface area contributed by atoms with Crippen LogP contribution in [0.4, 0.5) is 0 Å². The number of carbonyl (C=O) groups is 3. The number of hydrogen-bond donors (Lipinski definition) is 1. The number of piperidine rings is 1. The minimum atomic E-state index is -0.935. The van der Waals surface area contributed by atoms with E-state index in [0.29, 0.717) is 32.5 Å². The van der Waals surface area contributed by atoms with Crippen LogP contribution in [0, 0.1) is 11.3 Å². The van der Waals surface area contributed by atoms with Crippen LogP contribution in [0.1, 0.15) is 44.3 Å². The lowest BCUT2D eigenvalue weighted by atomic mass is 9.76. The van der Waals surface area contributed by atoms with E-state index in [1.807, 2.05) is 11.0 Å². The van der Waals surface area contributed by atoms with Gasteiger partial charge in [-0.2, -0.15) is 0 Å². The molecule has 4 rings (SSSR count). The van der Waals surface area contributed by atoms with Crippen LogP contribution in [0.2, 0.25) is 0 Å². The first-order valence-electron chi connectivity index (χ1n) is 9.81. The van der Waals surface area contributed by atoms with Gasteiger partial charge in [-0.15, -0.1) is 0 Å². The number of aliphatic carboxylic acids is 1. The second-order valence-corrected chi connectivity index (χ2v) is 8.26. The Morgan fingerprint density at radius 3 is 2.56 bits per heavy atom. The molecule has 1 aliphatic carbocycles. The monoisotopic (exact) mass is 374 g/mol. The Bertz CT molecular complexity index is 717. The van der Waals surface area contributed by atoms with Gasteiger partial charge in [-0.05, 0) is 49.7 Å². The van der Waals surface area contributed by atoms with Gasteiger partial charge < -0.3 is 19.3 Å². The van der Waals surface area contributed by atoms with Crippen LogP contribution >= 0.6 is 0 Å². The number of nitrogens with zero attached hydrogens (tertiary/aromatic N) is 2. The van der Waals surface area contributed by atoms with Crippen molar-refractivity contribution in [1.82, 2.24) is 9.80 Å². The highest BCUT2D eigenvalue weighted by Crippen LogP contribution is 2.44. The topological polar surface area (TPSA) is 91.1 Å². The number of hydrogen-bond acceptors (Lipinski definition) is 4. The molecule has 7 heteroatoms. The van der Waals surface area contributed by atoms with Crippen molar-refractivity contribution in [2.45, 2.75) is 51.0 Å². The van der Waals surface area contributed by atoms with Crippen molar-refractivity contribution in [1.29, 1.82) is 0 Å². The van der Waals surface area contributed by atoms with E-state index in [-0.39, 0.29) is 29.6 Å². The zero-order valence-electron chi connectivity index (χ0n) is 15.4. The molecule has 1 aromatic heterocycles. The van der Waals surface area contributed by atoms with E-state index in [1.54, 1.807) is 17.2 Å². The van der Waals surface area contributed by atoms with Crippen LogP contribution in [0.25, 0.3) is 0 Å². The molecule has 3 fully saturated rings. The third-order valence-electron chi connectivity index (χ3n) is 6.34. The summed E-state index contributed by atoms with van der Waals surface area (Å²) in [6.07, 6.45) is 6.33. The Labute approximate surface area is 158 Å². The third kappa shape index (κ3) is 3.73. The maximum absolute atomic E-state index is 12.7. The second-order valence-electron chi connectivity index (χ2n) is 8.26. The first-order chi connectivity index (χ1) is 13.0. The molecule has 1 N–H and O–H groups in total. The van der Waals surface area contributed by atoms with Gasteiger partial charge in [0, 0.05) is 38.4 Å². The van der Waals surface area contributed by atoms with Gasteiger partial charge in [0.25, 0.3) is 0 Å². The zero-order chi connectivity index (χ0) is 19.0. The molecule has 1 aromatic rings. The molecule has 1 atom stereocenters. The normalized spacial score (nSPS) is 24.4. The summed E-state index contributed by atoms with van der Waals surface area (Å²) in [5, 5.41) is 9.64. The molecule has 2 saturated heterocycles. The molecule has 0 bridgehead atoms. The second kappa shape index (κ2) is 7.02. The van der Waals surface area contributed by atoms with Crippen LogP contribution in [0.15, 0.2) is 22.8 Å². The summed E-state index contributed by atoms with van der Waals surface area (Å²) in [4.78, 5) is 40.2. The standard InChI is InChI=1S/C20H26N2O5/c23-17(6-5-15-2-1-11-27-15)22-13-20(12-16(22)19(25)26)7-9-21(10-8-20)18(24)14-3-4-14/h1-2,11,14,16H,3-10,12-13H2,(H,25,26)/t16-/m0/s1. The molecule has 1 spiro atoms. The molecule has 0 radical (unpaired) electrons. The summed E-state index contributed by atoms with van der Waals surface area (Å²) in [6, 6.07) is 2.83. The summed E-state index contributed by atoms with van der Waals surface area (Å²) in [5.74, 6) is 0.135. The summed E-state index contributed by atoms with van der Waals surface area (Å²) in [5.41, 5.74) is -0.177. The lowest BCUT2D eigenvalue weighted by Crippen LogP contribution is -2.45. The van der Waals surface area contributed by atoms with Crippen molar-refractivity contribution in [2.75, 3.05) is 19.6 Å². The molecule has 0 unspecified atom stereocenters. The molecule has 27 heavy (non-hydrogen) atoms. The number of aryl methyl sites for hydroxylation is 1. The number of rotatable bonds is 5. The van der Waals surface area contributed by atoms with Crippen molar-refractivity contribution in [3.05, 3.63) is 24.2 Å². The maximum atomic E-state index is 12.7. The average molecular weight is 374 g/mol. The highest BCUT2D eigenvalue weighted by atomic mass is 16.4. The largest absolute Gasteiger partial charge is 0.480 e. The first kappa shape index (κ1) is 18.1. The maximum Gasteiger partial charge on any atom is 0.326 e. The van der Waals surface area contributed by atoms with E-state index in [1.165, 1.54) is 0 Å². The molecule has 3 heterocycles. The van der Waals surface area contributed by atoms with Crippen LogP contribution < -0.4 is 0 Å². The molecule has 0 aromatic carbocycles. The smallest absolute Gasteiger partial charge is 0.326 e.